The quantitative estimate of drug-likeness (QED) is 0.0329. The second-order valence-corrected chi connectivity index (χ2v) is 15.2. The number of alkyl halides is 6. The van der Waals surface area contributed by atoms with Crippen LogP contribution in [0.15, 0.2) is 57.7 Å². The zero-order chi connectivity index (χ0) is 44.5. The average molecular weight is 903 g/mol. The van der Waals surface area contributed by atoms with Crippen LogP contribution in [0.1, 0.15) is 53.3 Å². The lowest BCUT2D eigenvalue weighted by Gasteiger charge is -2.25. The molecule has 1 aliphatic rings. The van der Waals surface area contributed by atoms with Gasteiger partial charge in [-0.3, -0.25) is 18.8 Å². The Kier molecular flexibility index (Phi) is 13.5. The molecule has 61 heavy (non-hydrogen) atoms. The van der Waals surface area contributed by atoms with E-state index >= 15 is 8.78 Å². The molecular weight excluding hydrogens is 868 g/mol. The predicted octanol–water partition coefficient (Wildman–Crippen LogP) is 6.49. The van der Waals surface area contributed by atoms with Gasteiger partial charge in [-0.15, -0.1) is 0 Å². The maximum Gasteiger partial charge on any atom is 0.345 e. The van der Waals surface area contributed by atoms with Crippen molar-refractivity contribution < 1.29 is 53.9 Å². The Hall–Kier alpha value is -5.45. The molecule has 0 spiro atoms. The summed E-state index contributed by atoms with van der Waals surface area (Å²) in [4.78, 5) is 33.4. The highest BCUT2D eigenvalue weighted by molar-refractivity contribution is 7.89. The first-order valence-electron chi connectivity index (χ1n) is 18.1. The molecule has 0 saturated carbocycles. The van der Waals surface area contributed by atoms with Crippen molar-refractivity contribution in [1.82, 2.24) is 24.6 Å². The Morgan fingerprint density at radius 3 is 2.46 bits per heavy atom. The van der Waals surface area contributed by atoms with Gasteiger partial charge in [0.15, 0.2) is 5.84 Å². The molecule has 6 rings (SSSR count). The number of amidine groups is 1. The number of nitrogens with one attached hydrogen (secondary N) is 2. The van der Waals surface area contributed by atoms with E-state index in [1.165, 1.54) is 43.6 Å². The molecule has 2 heterocycles. The minimum absolute atomic E-state index is 0.0121. The van der Waals surface area contributed by atoms with Crippen molar-refractivity contribution in [2.45, 2.75) is 51.3 Å². The fourth-order valence-electron chi connectivity index (χ4n) is 7.07. The standard InChI is InChI=1S/C38H35ClF8N8O5S/c1-17-10-23-30(33(42)43)52-54(32(23)38(17,46)47)16-28(56)50-26(13-18-11-19(40)14-20(41)12-18)35-51-25-15-21(59-8-9-60-37(44)45)4-5-22(25)36(57)55(35)27-7-6-24(39)29(31(27)49-2)34(48)53-61(3)58/h4-7,11-12,14-15,17,26,33,37,49H,8-10,13,16H2,1-3H3,(H2,48,53)(H,50,56). The summed E-state index contributed by atoms with van der Waals surface area (Å²) >= 11 is 4.71. The molecule has 0 fully saturated rings. The molecular formula is C38H35ClF8N8O5S. The molecule has 3 atom stereocenters. The number of benzene rings is 3. The van der Waals surface area contributed by atoms with Crippen LogP contribution in [0.2, 0.25) is 5.02 Å². The molecule has 1 amide bonds. The summed E-state index contributed by atoms with van der Waals surface area (Å²) in [6, 6.07) is 7.43. The molecule has 1 aliphatic carbocycles. The van der Waals surface area contributed by atoms with E-state index in [0.29, 0.717) is 10.7 Å². The molecule has 2 aromatic heterocycles. The molecule has 326 valence electrons. The van der Waals surface area contributed by atoms with E-state index in [1.54, 1.807) is 0 Å². The molecule has 0 saturated heterocycles. The Balaban J connectivity index is 1.57. The molecule has 23 heteroatoms. The van der Waals surface area contributed by atoms with E-state index in [0.717, 1.165) is 23.6 Å². The highest BCUT2D eigenvalue weighted by Crippen LogP contribution is 2.48. The van der Waals surface area contributed by atoms with Crippen LogP contribution in [0.5, 0.6) is 5.75 Å². The van der Waals surface area contributed by atoms with Crippen LogP contribution < -0.4 is 26.7 Å². The minimum Gasteiger partial charge on any atom is -0.591 e. The Morgan fingerprint density at radius 1 is 1.11 bits per heavy atom. The average Bonchev–Trinajstić information content (AvgIpc) is 3.64. The zero-order valence-electron chi connectivity index (χ0n) is 32.1. The smallest absolute Gasteiger partial charge is 0.345 e. The van der Waals surface area contributed by atoms with Crippen LogP contribution in [0.4, 0.5) is 40.8 Å². The molecule has 13 nitrogen and oxygen atoms in total. The summed E-state index contributed by atoms with van der Waals surface area (Å²) in [7, 11) is 1.43. The molecule has 0 aliphatic heterocycles. The summed E-state index contributed by atoms with van der Waals surface area (Å²) < 4.78 is 140. The zero-order valence-corrected chi connectivity index (χ0v) is 33.7. The number of fused-ring (bicyclic) bond motifs is 2. The van der Waals surface area contributed by atoms with E-state index in [1.807, 2.05) is 0 Å². The lowest BCUT2D eigenvalue weighted by molar-refractivity contribution is -0.133. The second kappa shape index (κ2) is 18.3. The molecule has 0 bridgehead atoms. The number of aromatic nitrogens is 4. The van der Waals surface area contributed by atoms with Gasteiger partial charge in [0.05, 0.1) is 56.9 Å². The number of rotatable bonds is 16. The number of halogens is 9. The number of carbonyl (C=O) groups is 1. The number of anilines is 1. The van der Waals surface area contributed by atoms with Gasteiger partial charge < -0.3 is 30.4 Å². The van der Waals surface area contributed by atoms with Crippen LogP contribution in [0, 0.1) is 17.6 Å². The van der Waals surface area contributed by atoms with E-state index in [2.05, 4.69) is 29.9 Å². The molecule has 4 N–H and O–H groups in total. The van der Waals surface area contributed by atoms with E-state index in [4.69, 9.17) is 22.1 Å². The summed E-state index contributed by atoms with van der Waals surface area (Å²) in [5.74, 6) is -8.84. The van der Waals surface area contributed by atoms with Crippen molar-refractivity contribution in [2.24, 2.45) is 16.0 Å². The van der Waals surface area contributed by atoms with Crippen molar-refractivity contribution in [3.05, 3.63) is 109 Å². The van der Waals surface area contributed by atoms with Gasteiger partial charge in [-0.1, -0.05) is 18.5 Å². The summed E-state index contributed by atoms with van der Waals surface area (Å²) in [6.07, 6.45) is -2.98. The van der Waals surface area contributed by atoms with Gasteiger partial charge in [-0.05, 0) is 52.8 Å². The first kappa shape index (κ1) is 45.1. The first-order valence-corrected chi connectivity index (χ1v) is 20.0. The Labute approximate surface area is 349 Å². The number of hydrogen-bond acceptors (Lipinski definition) is 9. The minimum atomic E-state index is -3.65. The third-order valence-corrected chi connectivity index (χ3v) is 10.4. The highest BCUT2D eigenvalue weighted by atomic mass is 35.5. The third-order valence-electron chi connectivity index (χ3n) is 9.60. The van der Waals surface area contributed by atoms with Gasteiger partial charge in [-0.2, -0.15) is 22.7 Å². The van der Waals surface area contributed by atoms with E-state index in [9.17, 15) is 40.5 Å². The highest BCUT2D eigenvalue weighted by Gasteiger charge is 2.51. The van der Waals surface area contributed by atoms with Crippen molar-refractivity contribution >= 4 is 51.3 Å². The second-order valence-electron chi connectivity index (χ2n) is 13.7. The topological polar surface area (TPSA) is 174 Å². The summed E-state index contributed by atoms with van der Waals surface area (Å²) in [6.45, 7) is -3.81. The molecule has 3 aromatic carbocycles. The van der Waals surface area contributed by atoms with Crippen molar-refractivity contribution in [3.63, 3.8) is 0 Å². The number of nitrogens with two attached hydrogens (primary N) is 1. The molecule has 3 unspecified atom stereocenters. The van der Waals surface area contributed by atoms with Gasteiger partial charge in [0, 0.05) is 37.1 Å². The maximum absolute atomic E-state index is 15.4. The number of carbonyl (C=O) groups excluding carboxylic acids is 1. The van der Waals surface area contributed by atoms with Gasteiger partial charge in [-0.25, -0.2) is 22.5 Å². The van der Waals surface area contributed by atoms with Crippen LogP contribution in [-0.4, -0.2) is 68.8 Å². The van der Waals surface area contributed by atoms with Crippen LogP contribution in [0.25, 0.3) is 16.6 Å². The van der Waals surface area contributed by atoms with Crippen LogP contribution in [-0.2, 0) is 46.2 Å². The lowest BCUT2D eigenvalue weighted by atomic mass is 10.0. The van der Waals surface area contributed by atoms with Crippen molar-refractivity contribution in [3.8, 4) is 11.4 Å². The number of nitrogens with zero attached hydrogens (tertiary/aromatic N) is 5. The van der Waals surface area contributed by atoms with Gasteiger partial charge in [0.25, 0.3) is 17.9 Å². The lowest BCUT2D eigenvalue weighted by Crippen LogP contribution is -2.38. The molecule has 0 radical (unpaired) electrons. The normalized spacial score (nSPS) is 16.0. The maximum atomic E-state index is 15.4. The van der Waals surface area contributed by atoms with Gasteiger partial charge >= 0.3 is 6.61 Å². The monoisotopic (exact) mass is 902 g/mol. The number of ether oxygens (including phenoxy) is 2. The van der Waals surface area contributed by atoms with Gasteiger partial charge in [0.2, 0.25) is 5.91 Å². The van der Waals surface area contributed by atoms with Crippen LogP contribution >= 0.6 is 11.6 Å². The fraction of sp³-hybridized carbons (Fsp3) is 0.342. The predicted molar refractivity (Wildman–Crippen MR) is 209 cm³/mol. The fourth-order valence-corrected chi connectivity index (χ4v) is 7.70. The summed E-state index contributed by atoms with van der Waals surface area (Å²) in [5, 5.41) is 9.01. The largest absolute Gasteiger partial charge is 0.591 e. The van der Waals surface area contributed by atoms with Crippen LogP contribution in [0.3, 0.4) is 0 Å². The number of hydrogen-bond donors (Lipinski definition) is 3. The Bertz CT molecular complexity index is 2540. The molecule has 5 aromatic rings. The SMILES string of the molecule is CNc1c(-n2c(C(Cc3cc(F)cc(F)c3)NC(=O)Cn3nc(C(F)F)c4c3C(F)(F)C(C)C4)nc3cc(OCCOC(F)F)ccc3c2=O)ccc(Cl)c1C(N)=N[S+](C)[O-]. The van der Waals surface area contributed by atoms with Crippen molar-refractivity contribution in [1.29, 1.82) is 0 Å². The van der Waals surface area contributed by atoms with E-state index in [-0.39, 0.29) is 62.4 Å². The Morgan fingerprint density at radius 2 is 1.82 bits per heavy atom. The third kappa shape index (κ3) is 9.56. The number of amides is 1. The van der Waals surface area contributed by atoms with Gasteiger partial charge in [0.1, 0.15) is 54.0 Å². The first-order chi connectivity index (χ1) is 28.8. The summed E-state index contributed by atoms with van der Waals surface area (Å²) in [5.41, 5.74) is 2.94. The van der Waals surface area contributed by atoms with Crippen molar-refractivity contribution in [2.75, 3.05) is 31.8 Å². The van der Waals surface area contributed by atoms with E-state index < -0.39 is 108 Å².